The van der Waals surface area contributed by atoms with Gasteiger partial charge in [0.1, 0.15) is 12.4 Å². The Bertz CT molecular complexity index is 914. The number of nitrogens with zero attached hydrogens (tertiary/aromatic N) is 5. The van der Waals surface area contributed by atoms with Crippen molar-refractivity contribution in [3.8, 4) is 5.69 Å². The van der Waals surface area contributed by atoms with Crippen LogP contribution in [0.3, 0.4) is 0 Å². The van der Waals surface area contributed by atoms with Crippen LogP contribution in [0.25, 0.3) is 5.69 Å². The Kier molecular flexibility index (Phi) is 5.51. The van der Waals surface area contributed by atoms with Crippen molar-refractivity contribution < 1.29 is 4.84 Å². The lowest BCUT2D eigenvalue weighted by Gasteiger charge is -2.29. The number of hydrogen-bond acceptors (Lipinski definition) is 5. The lowest BCUT2D eigenvalue weighted by Crippen LogP contribution is -2.32. The average molecular weight is 376 g/mol. The Morgan fingerprint density at radius 3 is 2.61 bits per heavy atom. The zero-order valence-electron chi connectivity index (χ0n) is 15.7. The molecule has 4 rings (SSSR count). The van der Waals surface area contributed by atoms with E-state index in [4.69, 9.17) is 10.6 Å². The van der Waals surface area contributed by atoms with Gasteiger partial charge in [0.15, 0.2) is 5.84 Å². The maximum absolute atomic E-state index is 6.20. The zero-order chi connectivity index (χ0) is 19.2. The van der Waals surface area contributed by atoms with E-state index in [1.54, 1.807) is 12.4 Å². The van der Waals surface area contributed by atoms with Gasteiger partial charge in [-0.15, -0.1) is 0 Å². The number of piperidine rings is 1. The molecule has 28 heavy (non-hydrogen) atoms. The van der Waals surface area contributed by atoms with Gasteiger partial charge in [0, 0.05) is 31.7 Å². The first-order chi connectivity index (χ1) is 13.8. The fourth-order valence-corrected chi connectivity index (χ4v) is 3.35. The summed E-state index contributed by atoms with van der Waals surface area (Å²) in [6.45, 7) is 2.35. The van der Waals surface area contributed by atoms with Crippen molar-refractivity contribution in [2.45, 2.75) is 25.9 Å². The average Bonchev–Trinajstić information content (AvgIpc) is 3.30. The van der Waals surface area contributed by atoms with Crippen LogP contribution in [0.15, 0.2) is 66.2 Å². The third-order valence-electron chi connectivity index (χ3n) is 4.82. The standard InChI is InChI=1S/C21H24N6O/c22-20(19-6-4-11-23-21(19)26-13-2-1-3-14-26)25-28-16-17-7-9-18(10-8-17)27-15-5-12-24-27/h4-12,15H,1-3,13-14,16H2,(H2,22,25). The zero-order valence-corrected chi connectivity index (χ0v) is 15.7. The Labute approximate surface area is 164 Å². The summed E-state index contributed by atoms with van der Waals surface area (Å²) in [4.78, 5) is 12.3. The third kappa shape index (κ3) is 4.14. The number of anilines is 1. The number of rotatable bonds is 6. The monoisotopic (exact) mass is 376 g/mol. The highest BCUT2D eigenvalue weighted by Gasteiger charge is 2.17. The van der Waals surface area contributed by atoms with Gasteiger partial charge in [-0.25, -0.2) is 9.67 Å². The highest BCUT2D eigenvalue weighted by Crippen LogP contribution is 2.21. The van der Waals surface area contributed by atoms with Crippen LogP contribution in [0, 0.1) is 0 Å². The van der Waals surface area contributed by atoms with Crippen LogP contribution in [0.2, 0.25) is 0 Å². The quantitative estimate of drug-likeness (QED) is 0.406. The van der Waals surface area contributed by atoms with Gasteiger partial charge in [0.25, 0.3) is 0 Å². The molecule has 1 fully saturated rings. The summed E-state index contributed by atoms with van der Waals surface area (Å²) in [5.74, 6) is 1.23. The molecule has 1 aliphatic heterocycles. The first kappa shape index (κ1) is 18.0. The molecule has 0 amide bonds. The van der Waals surface area contributed by atoms with Gasteiger partial charge >= 0.3 is 0 Å². The SMILES string of the molecule is N/C(=N/OCc1ccc(-n2cccn2)cc1)c1cccnc1N1CCCCC1. The minimum Gasteiger partial charge on any atom is -0.389 e. The van der Waals surface area contributed by atoms with Crippen LogP contribution >= 0.6 is 0 Å². The maximum atomic E-state index is 6.20. The molecule has 0 atom stereocenters. The van der Waals surface area contributed by atoms with Gasteiger partial charge in [-0.2, -0.15) is 5.10 Å². The van der Waals surface area contributed by atoms with Crippen molar-refractivity contribution in [2.75, 3.05) is 18.0 Å². The van der Waals surface area contributed by atoms with Gasteiger partial charge in [0.05, 0.1) is 11.3 Å². The van der Waals surface area contributed by atoms with Crippen molar-refractivity contribution in [1.29, 1.82) is 0 Å². The molecular weight excluding hydrogens is 352 g/mol. The summed E-state index contributed by atoms with van der Waals surface area (Å²) < 4.78 is 1.81. The van der Waals surface area contributed by atoms with Gasteiger partial charge in [-0.05, 0) is 55.2 Å². The number of pyridine rings is 1. The van der Waals surface area contributed by atoms with Crippen LogP contribution in [0.1, 0.15) is 30.4 Å². The molecule has 1 saturated heterocycles. The third-order valence-corrected chi connectivity index (χ3v) is 4.82. The molecule has 0 radical (unpaired) electrons. The Balaban J connectivity index is 1.41. The Morgan fingerprint density at radius 2 is 1.86 bits per heavy atom. The minimum absolute atomic E-state index is 0.347. The van der Waals surface area contributed by atoms with Crippen molar-refractivity contribution >= 4 is 11.7 Å². The molecule has 7 heteroatoms. The number of benzene rings is 1. The summed E-state index contributed by atoms with van der Waals surface area (Å²) >= 11 is 0. The van der Waals surface area contributed by atoms with E-state index in [1.807, 2.05) is 53.3 Å². The molecule has 3 heterocycles. The molecule has 2 N–H and O–H groups in total. The fourth-order valence-electron chi connectivity index (χ4n) is 3.35. The highest BCUT2D eigenvalue weighted by atomic mass is 16.6. The second kappa shape index (κ2) is 8.56. The molecule has 1 aromatic carbocycles. The van der Waals surface area contributed by atoms with E-state index in [9.17, 15) is 0 Å². The van der Waals surface area contributed by atoms with Crippen molar-refractivity contribution in [3.05, 3.63) is 72.2 Å². The maximum Gasteiger partial charge on any atom is 0.174 e. The first-order valence-corrected chi connectivity index (χ1v) is 9.56. The summed E-state index contributed by atoms with van der Waals surface area (Å²) in [5, 5.41) is 8.35. The first-order valence-electron chi connectivity index (χ1n) is 9.56. The van der Waals surface area contributed by atoms with E-state index < -0.39 is 0 Å². The molecule has 7 nitrogen and oxygen atoms in total. The summed E-state index contributed by atoms with van der Waals surface area (Å²) in [7, 11) is 0. The molecule has 0 spiro atoms. The van der Waals surface area contributed by atoms with Crippen molar-refractivity contribution in [3.63, 3.8) is 0 Å². The van der Waals surface area contributed by atoms with E-state index in [0.717, 1.165) is 35.7 Å². The Hall–Kier alpha value is -3.35. The Morgan fingerprint density at radius 1 is 1.04 bits per heavy atom. The number of nitrogens with two attached hydrogens (primary N) is 1. The van der Waals surface area contributed by atoms with Gasteiger partial charge in [-0.3, -0.25) is 0 Å². The highest BCUT2D eigenvalue weighted by molar-refractivity contribution is 6.01. The summed E-state index contributed by atoms with van der Waals surface area (Å²) in [6, 6.07) is 13.7. The topological polar surface area (TPSA) is 81.6 Å². The van der Waals surface area contributed by atoms with Crippen LogP contribution in [-0.2, 0) is 11.4 Å². The van der Waals surface area contributed by atoms with Crippen LogP contribution in [0.5, 0.6) is 0 Å². The van der Waals surface area contributed by atoms with E-state index >= 15 is 0 Å². The molecule has 0 unspecified atom stereocenters. The number of hydrogen-bond donors (Lipinski definition) is 1. The van der Waals surface area contributed by atoms with Crippen LogP contribution in [0.4, 0.5) is 5.82 Å². The van der Waals surface area contributed by atoms with Crippen LogP contribution < -0.4 is 10.6 Å². The molecule has 0 aliphatic carbocycles. The largest absolute Gasteiger partial charge is 0.389 e. The fraction of sp³-hybridized carbons (Fsp3) is 0.286. The van der Waals surface area contributed by atoms with E-state index in [0.29, 0.717) is 12.4 Å². The van der Waals surface area contributed by atoms with E-state index in [-0.39, 0.29) is 0 Å². The number of oxime groups is 1. The summed E-state index contributed by atoms with van der Waals surface area (Å²) in [6.07, 6.45) is 9.08. The molecule has 144 valence electrons. The molecule has 3 aromatic rings. The second-order valence-electron chi connectivity index (χ2n) is 6.79. The van der Waals surface area contributed by atoms with Crippen LogP contribution in [-0.4, -0.2) is 33.7 Å². The predicted octanol–water partition coefficient (Wildman–Crippen LogP) is 3.09. The lowest BCUT2D eigenvalue weighted by atomic mass is 10.1. The molecule has 0 saturated carbocycles. The van der Waals surface area contributed by atoms with Gasteiger partial charge in [0.2, 0.25) is 0 Å². The van der Waals surface area contributed by atoms with Gasteiger partial charge < -0.3 is 15.5 Å². The van der Waals surface area contributed by atoms with Crippen molar-refractivity contribution in [2.24, 2.45) is 10.9 Å². The molecule has 2 aromatic heterocycles. The van der Waals surface area contributed by atoms with Crippen molar-refractivity contribution in [1.82, 2.24) is 14.8 Å². The molecule has 1 aliphatic rings. The number of aromatic nitrogens is 3. The summed E-state index contributed by atoms with van der Waals surface area (Å²) in [5.41, 5.74) is 9.03. The smallest absolute Gasteiger partial charge is 0.174 e. The van der Waals surface area contributed by atoms with Gasteiger partial charge in [-0.1, -0.05) is 17.3 Å². The van der Waals surface area contributed by atoms with E-state index in [1.165, 1.54) is 19.3 Å². The number of amidine groups is 1. The second-order valence-corrected chi connectivity index (χ2v) is 6.79. The lowest BCUT2D eigenvalue weighted by molar-refractivity contribution is 0.130. The predicted molar refractivity (Wildman–Crippen MR) is 109 cm³/mol. The van der Waals surface area contributed by atoms with E-state index in [2.05, 4.69) is 20.1 Å². The minimum atomic E-state index is 0.347. The normalized spacial score (nSPS) is 14.9. The molecular formula is C21H24N6O. The molecule has 0 bridgehead atoms.